The fraction of sp³-hybridized carbons (Fsp3) is 0.357. The van der Waals surface area contributed by atoms with E-state index in [2.05, 4.69) is 10.6 Å². The number of rotatable bonds is 4. The van der Waals surface area contributed by atoms with Gasteiger partial charge in [-0.15, -0.1) is 0 Å². The van der Waals surface area contributed by atoms with E-state index >= 15 is 0 Å². The average Bonchev–Trinajstić information content (AvgIpc) is 2.43. The molecule has 0 aromatic heterocycles. The lowest BCUT2D eigenvalue weighted by Gasteiger charge is -2.21. The van der Waals surface area contributed by atoms with Crippen molar-refractivity contribution in [3.05, 3.63) is 29.8 Å². The topological polar surface area (TPSA) is 84.5 Å². The second-order valence-corrected chi connectivity index (χ2v) is 4.43. The van der Waals surface area contributed by atoms with Crippen LogP contribution in [0.1, 0.15) is 30.1 Å². The van der Waals surface area contributed by atoms with Gasteiger partial charge in [-0.25, -0.2) is 0 Å². The summed E-state index contributed by atoms with van der Waals surface area (Å²) in [5.74, 6) is -0.422. The molecule has 0 saturated carbocycles. The van der Waals surface area contributed by atoms with Crippen molar-refractivity contribution in [3.8, 4) is 5.75 Å². The number of nitrogens with one attached hydrogen (secondary N) is 2. The fourth-order valence-electron chi connectivity index (χ4n) is 1.94. The zero-order valence-electron chi connectivity index (χ0n) is 11.1. The van der Waals surface area contributed by atoms with Crippen LogP contribution in [-0.2, 0) is 9.59 Å². The largest absolute Gasteiger partial charge is 0.494 e. The Balaban J connectivity index is 1.97. The highest BCUT2D eigenvalue weighted by molar-refractivity contribution is 6.03. The molecule has 0 radical (unpaired) electrons. The number of imide groups is 1. The van der Waals surface area contributed by atoms with E-state index in [1.165, 1.54) is 0 Å². The molecule has 3 amide bonds. The van der Waals surface area contributed by atoms with Crippen LogP contribution in [0.15, 0.2) is 24.3 Å². The van der Waals surface area contributed by atoms with Gasteiger partial charge in [-0.2, -0.15) is 0 Å². The van der Waals surface area contributed by atoms with Crippen molar-refractivity contribution >= 4 is 17.7 Å². The predicted octanol–water partition coefficient (Wildman–Crippen LogP) is 0.620. The van der Waals surface area contributed by atoms with Crippen LogP contribution in [-0.4, -0.2) is 30.4 Å². The Kier molecular flexibility index (Phi) is 4.34. The molecule has 2 rings (SSSR count). The molecule has 2 N–H and O–H groups in total. The number of carbonyl (C=O) groups is 3. The lowest BCUT2D eigenvalue weighted by atomic mass is 10.1. The molecule has 1 heterocycles. The third-order valence-corrected chi connectivity index (χ3v) is 2.97. The van der Waals surface area contributed by atoms with E-state index in [4.69, 9.17) is 4.74 Å². The van der Waals surface area contributed by atoms with Gasteiger partial charge in [-0.1, -0.05) is 0 Å². The summed E-state index contributed by atoms with van der Waals surface area (Å²) in [7, 11) is 0. The van der Waals surface area contributed by atoms with Crippen LogP contribution in [0.2, 0.25) is 0 Å². The zero-order chi connectivity index (χ0) is 14.5. The summed E-state index contributed by atoms with van der Waals surface area (Å²) in [4.78, 5) is 34.6. The summed E-state index contributed by atoms with van der Waals surface area (Å²) in [6.07, 6.45) is 0.563. The lowest BCUT2D eigenvalue weighted by molar-refractivity contribution is -0.134. The minimum Gasteiger partial charge on any atom is -0.494 e. The zero-order valence-corrected chi connectivity index (χ0v) is 11.1. The first-order valence-corrected chi connectivity index (χ1v) is 6.47. The highest BCUT2D eigenvalue weighted by Gasteiger charge is 2.27. The summed E-state index contributed by atoms with van der Waals surface area (Å²) in [5.41, 5.74) is 0.443. The maximum atomic E-state index is 12.0. The summed E-state index contributed by atoms with van der Waals surface area (Å²) in [6, 6.07) is 6.00. The van der Waals surface area contributed by atoms with E-state index < -0.39 is 11.9 Å². The molecule has 20 heavy (non-hydrogen) atoms. The van der Waals surface area contributed by atoms with E-state index in [-0.39, 0.29) is 18.2 Å². The Hall–Kier alpha value is -2.37. The highest BCUT2D eigenvalue weighted by Crippen LogP contribution is 2.13. The minimum atomic E-state index is -0.660. The number of hydrogen-bond donors (Lipinski definition) is 2. The molecule has 1 aliphatic heterocycles. The molecule has 1 unspecified atom stereocenters. The van der Waals surface area contributed by atoms with Crippen LogP contribution in [0.3, 0.4) is 0 Å². The van der Waals surface area contributed by atoms with Crippen LogP contribution >= 0.6 is 0 Å². The standard InChI is InChI=1S/C14H16N2O4/c1-2-20-10-5-3-9(4-6-10)13(18)15-11-7-8-12(17)16-14(11)19/h3-6,11H,2,7-8H2,1H3,(H,15,18)(H,16,17,19). The van der Waals surface area contributed by atoms with Gasteiger partial charge in [-0.3, -0.25) is 19.7 Å². The molecule has 6 heteroatoms. The minimum absolute atomic E-state index is 0.236. The third-order valence-electron chi connectivity index (χ3n) is 2.97. The normalized spacial score (nSPS) is 18.4. The molecule has 1 saturated heterocycles. The molecule has 0 spiro atoms. The van der Waals surface area contributed by atoms with Gasteiger partial charge < -0.3 is 10.1 Å². The molecule has 0 aliphatic carbocycles. The van der Waals surface area contributed by atoms with Gasteiger partial charge in [0.2, 0.25) is 11.8 Å². The maximum Gasteiger partial charge on any atom is 0.251 e. The monoisotopic (exact) mass is 276 g/mol. The van der Waals surface area contributed by atoms with Gasteiger partial charge in [0.1, 0.15) is 11.8 Å². The first-order valence-electron chi connectivity index (χ1n) is 6.47. The summed E-state index contributed by atoms with van der Waals surface area (Å²) < 4.78 is 5.29. The molecule has 1 aromatic carbocycles. The lowest BCUT2D eigenvalue weighted by Crippen LogP contribution is -2.52. The van der Waals surface area contributed by atoms with Crippen molar-refractivity contribution in [2.75, 3.05) is 6.61 Å². The van der Waals surface area contributed by atoms with Gasteiger partial charge in [-0.05, 0) is 37.6 Å². The Morgan fingerprint density at radius 3 is 2.65 bits per heavy atom. The van der Waals surface area contributed by atoms with Gasteiger partial charge in [0, 0.05) is 12.0 Å². The number of hydrogen-bond acceptors (Lipinski definition) is 4. The Labute approximate surface area is 116 Å². The predicted molar refractivity (Wildman–Crippen MR) is 71.2 cm³/mol. The molecule has 106 valence electrons. The Bertz CT molecular complexity index is 524. The SMILES string of the molecule is CCOc1ccc(C(=O)NC2CCC(=O)NC2=O)cc1. The molecular weight excluding hydrogens is 260 g/mol. The van der Waals surface area contributed by atoms with E-state index in [1.807, 2.05) is 6.92 Å². The van der Waals surface area contributed by atoms with Gasteiger partial charge in [0.15, 0.2) is 0 Å². The Morgan fingerprint density at radius 1 is 1.35 bits per heavy atom. The van der Waals surface area contributed by atoms with Crippen LogP contribution in [0, 0.1) is 0 Å². The average molecular weight is 276 g/mol. The van der Waals surface area contributed by atoms with E-state index in [0.29, 0.717) is 24.3 Å². The summed E-state index contributed by atoms with van der Waals surface area (Å²) in [5, 5.41) is 4.81. The second kappa shape index (κ2) is 6.18. The second-order valence-electron chi connectivity index (χ2n) is 4.43. The van der Waals surface area contributed by atoms with Crippen molar-refractivity contribution in [1.82, 2.24) is 10.6 Å². The van der Waals surface area contributed by atoms with E-state index in [0.717, 1.165) is 0 Å². The number of piperidine rings is 1. The molecular formula is C14H16N2O4. The molecule has 1 aromatic rings. The van der Waals surface area contributed by atoms with Crippen molar-refractivity contribution in [1.29, 1.82) is 0 Å². The number of ether oxygens (including phenoxy) is 1. The number of benzene rings is 1. The van der Waals surface area contributed by atoms with Crippen molar-refractivity contribution in [3.63, 3.8) is 0 Å². The van der Waals surface area contributed by atoms with Crippen molar-refractivity contribution < 1.29 is 19.1 Å². The van der Waals surface area contributed by atoms with Crippen LogP contribution < -0.4 is 15.4 Å². The molecule has 1 atom stereocenters. The van der Waals surface area contributed by atoms with Gasteiger partial charge >= 0.3 is 0 Å². The van der Waals surface area contributed by atoms with Crippen molar-refractivity contribution in [2.45, 2.75) is 25.8 Å². The number of carbonyl (C=O) groups excluding carboxylic acids is 3. The first kappa shape index (κ1) is 14.0. The molecule has 1 aliphatic rings. The third kappa shape index (κ3) is 3.34. The quantitative estimate of drug-likeness (QED) is 0.790. The maximum absolute atomic E-state index is 12.0. The molecule has 0 bridgehead atoms. The molecule has 6 nitrogen and oxygen atoms in total. The summed E-state index contributed by atoms with van der Waals surface area (Å²) in [6.45, 7) is 2.44. The highest BCUT2D eigenvalue weighted by atomic mass is 16.5. The molecule has 1 fully saturated rings. The van der Waals surface area contributed by atoms with Crippen LogP contribution in [0.25, 0.3) is 0 Å². The smallest absolute Gasteiger partial charge is 0.251 e. The van der Waals surface area contributed by atoms with Crippen molar-refractivity contribution in [2.24, 2.45) is 0 Å². The van der Waals surface area contributed by atoms with E-state index in [1.54, 1.807) is 24.3 Å². The fourth-order valence-corrected chi connectivity index (χ4v) is 1.94. The van der Waals surface area contributed by atoms with E-state index in [9.17, 15) is 14.4 Å². The van der Waals surface area contributed by atoms with Gasteiger partial charge in [0.25, 0.3) is 5.91 Å². The first-order chi connectivity index (χ1) is 9.60. The number of amides is 3. The summed E-state index contributed by atoms with van der Waals surface area (Å²) >= 11 is 0. The Morgan fingerprint density at radius 2 is 2.05 bits per heavy atom. The van der Waals surface area contributed by atoms with Gasteiger partial charge in [0.05, 0.1) is 6.61 Å². The van der Waals surface area contributed by atoms with Crippen LogP contribution in [0.4, 0.5) is 0 Å². The van der Waals surface area contributed by atoms with Crippen LogP contribution in [0.5, 0.6) is 5.75 Å².